The number of rotatable bonds is 5. The number of carbonyl (C=O) groups is 1. The van der Waals surface area contributed by atoms with Gasteiger partial charge in [-0.15, -0.1) is 0 Å². The Morgan fingerprint density at radius 3 is 3.12 bits per heavy atom. The number of nitrogens with two attached hydrogens (primary N) is 1. The topological polar surface area (TPSA) is 64.4 Å². The molecule has 2 heterocycles. The van der Waals surface area contributed by atoms with Gasteiger partial charge in [-0.05, 0) is 41.7 Å². The molecule has 1 aromatic heterocycles. The van der Waals surface area contributed by atoms with Crippen molar-refractivity contribution in [2.24, 2.45) is 5.73 Å². The number of hydrogen-bond donors (Lipinski definition) is 2. The number of ether oxygens (including phenoxy) is 1. The van der Waals surface area contributed by atoms with Gasteiger partial charge in [0.1, 0.15) is 6.10 Å². The Kier molecular flexibility index (Phi) is 4.53. The fraction of sp³-hybridized carbons (Fsp3) is 0.583. The largest absolute Gasteiger partial charge is 0.364 e. The molecule has 2 atom stereocenters. The second-order valence-corrected chi connectivity index (χ2v) is 5.01. The molecular formula is C12H18N2O2S. The number of thiophene rings is 1. The highest BCUT2D eigenvalue weighted by molar-refractivity contribution is 7.07. The smallest absolute Gasteiger partial charge is 0.249 e. The zero-order chi connectivity index (χ0) is 12.1. The lowest BCUT2D eigenvalue weighted by Crippen LogP contribution is -2.36. The summed E-state index contributed by atoms with van der Waals surface area (Å²) in [5.41, 5.74) is 6.77. The molecule has 2 rings (SSSR count). The molecule has 0 aliphatic carbocycles. The van der Waals surface area contributed by atoms with Crippen LogP contribution in [0.1, 0.15) is 18.4 Å². The lowest BCUT2D eigenvalue weighted by atomic mass is 10.2. The second-order valence-electron chi connectivity index (χ2n) is 4.23. The number of hydrogen-bond acceptors (Lipinski definition) is 4. The third kappa shape index (κ3) is 3.52. The molecule has 3 N–H and O–H groups in total. The van der Waals surface area contributed by atoms with Gasteiger partial charge in [0, 0.05) is 13.1 Å². The zero-order valence-corrected chi connectivity index (χ0v) is 10.5. The third-order valence-corrected chi connectivity index (χ3v) is 3.69. The van der Waals surface area contributed by atoms with Crippen molar-refractivity contribution in [1.82, 2.24) is 5.32 Å². The van der Waals surface area contributed by atoms with Crippen LogP contribution in [0, 0.1) is 0 Å². The predicted molar refractivity (Wildman–Crippen MR) is 68.0 cm³/mol. The molecule has 0 radical (unpaired) electrons. The molecule has 0 bridgehead atoms. The lowest BCUT2D eigenvalue weighted by Gasteiger charge is -2.12. The van der Waals surface area contributed by atoms with Crippen molar-refractivity contribution in [3.05, 3.63) is 22.4 Å². The van der Waals surface area contributed by atoms with E-state index in [1.807, 2.05) is 5.38 Å². The van der Waals surface area contributed by atoms with Gasteiger partial charge in [0.15, 0.2) is 0 Å². The highest BCUT2D eigenvalue weighted by Crippen LogP contribution is 2.18. The molecule has 94 valence electrons. The van der Waals surface area contributed by atoms with E-state index in [0.29, 0.717) is 13.1 Å². The maximum atomic E-state index is 11.8. The van der Waals surface area contributed by atoms with E-state index < -0.39 is 0 Å². The first-order valence-electron chi connectivity index (χ1n) is 5.94. The molecule has 5 heteroatoms. The summed E-state index contributed by atoms with van der Waals surface area (Å²) in [6.45, 7) is 1.17. The van der Waals surface area contributed by atoms with Crippen LogP contribution in [0.15, 0.2) is 16.8 Å². The van der Waals surface area contributed by atoms with Crippen molar-refractivity contribution < 1.29 is 9.53 Å². The van der Waals surface area contributed by atoms with Gasteiger partial charge in [-0.3, -0.25) is 4.79 Å². The minimum atomic E-state index is -0.300. The van der Waals surface area contributed by atoms with Crippen molar-refractivity contribution in [1.29, 1.82) is 0 Å². The summed E-state index contributed by atoms with van der Waals surface area (Å²) in [6.07, 6.45) is 2.31. The highest BCUT2D eigenvalue weighted by atomic mass is 32.1. The number of nitrogens with one attached hydrogen (secondary N) is 1. The fourth-order valence-electron chi connectivity index (χ4n) is 1.95. The van der Waals surface area contributed by atoms with Crippen LogP contribution in [0.3, 0.4) is 0 Å². The zero-order valence-electron chi connectivity index (χ0n) is 9.72. The molecule has 1 aliphatic rings. The van der Waals surface area contributed by atoms with E-state index in [2.05, 4.69) is 16.8 Å². The molecule has 4 nitrogen and oxygen atoms in total. The van der Waals surface area contributed by atoms with E-state index >= 15 is 0 Å². The van der Waals surface area contributed by atoms with Gasteiger partial charge in [-0.25, -0.2) is 0 Å². The average Bonchev–Trinajstić information content (AvgIpc) is 2.99. The van der Waals surface area contributed by atoms with Crippen LogP contribution in [-0.2, 0) is 16.0 Å². The summed E-state index contributed by atoms with van der Waals surface area (Å²) >= 11 is 1.68. The van der Waals surface area contributed by atoms with Gasteiger partial charge in [0.25, 0.3) is 0 Å². The molecule has 0 aromatic carbocycles. The maximum absolute atomic E-state index is 11.8. The quantitative estimate of drug-likeness (QED) is 0.821. The summed E-state index contributed by atoms with van der Waals surface area (Å²) in [5.74, 6) is -0.00354. The Labute approximate surface area is 105 Å². The lowest BCUT2D eigenvalue weighted by molar-refractivity contribution is -0.131. The monoisotopic (exact) mass is 254 g/mol. The van der Waals surface area contributed by atoms with Crippen molar-refractivity contribution >= 4 is 17.2 Å². The first-order chi connectivity index (χ1) is 8.29. The average molecular weight is 254 g/mol. The Balaban J connectivity index is 1.67. The summed E-state index contributed by atoms with van der Waals surface area (Å²) in [4.78, 5) is 11.8. The van der Waals surface area contributed by atoms with Gasteiger partial charge in [0.05, 0.1) is 6.10 Å². The molecule has 0 saturated carbocycles. The summed E-state index contributed by atoms with van der Waals surface area (Å²) in [6, 6.07) is 2.08. The summed E-state index contributed by atoms with van der Waals surface area (Å²) in [7, 11) is 0. The Bertz CT molecular complexity index is 353. The SMILES string of the molecule is NCC1CCC(C(=O)NCCc2ccsc2)O1. The van der Waals surface area contributed by atoms with Crippen molar-refractivity contribution in [3.63, 3.8) is 0 Å². The predicted octanol–water partition coefficient (Wildman–Crippen LogP) is 0.913. The first kappa shape index (κ1) is 12.5. The standard InChI is InChI=1S/C12H18N2O2S/c13-7-10-1-2-11(16-10)12(15)14-5-3-9-4-6-17-8-9/h4,6,8,10-11H,1-3,5,7,13H2,(H,14,15). The van der Waals surface area contributed by atoms with Crippen molar-refractivity contribution in [2.75, 3.05) is 13.1 Å². The molecule has 1 fully saturated rings. The van der Waals surface area contributed by atoms with Crippen LogP contribution in [-0.4, -0.2) is 31.2 Å². The first-order valence-corrected chi connectivity index (χ1v) is 6.88. The third-order valence-electron chi connectivity index (χ3n) is 2.96. The number of amides is 1. The van der Waals surface area contributed by atoms with E-state index in [4.69, 9.17) is 10.5 Å². The number of carbonyl (C=O) groups excluding carboxylic acids is 1. The van der Waals surface area contributed by atoms with Crippen molar-refractivity contribution in [2.45, 2.75) is 31.5 Å². The van der Waals surface area contributed by atoms with Crippen molar-refractivity contribution in [3.8, 4) is 0 Å². The van der Waals surface area contributed by atoms with Crippen LogP contribution in [0.5, 0.6) is 0 Å². The van der Waals surface area contributed by atoms with E-state index in [1.54, 1.807) is 11.3 Å². The van der Waals surface area contributed by atoms with E-state index in [1.165, 1.54) is 5.56 Å². The minimum absolute atomic E-state index is 0.00354. The molecule has 1 aromatic rings. The molecular weight excluding hydrogens is 236 g/mol. The van der Waals surface area contributed by atoms with Crippen LogP contribution >= 0.6 is 11.3 Å². The van der Waals surface area contributed by atoms with Gasteiger partial charge in [-0.2, -0.15) is 11.3 Å². The molecule has 0 spiro atoms. The molecule has 2 unspecified atom stereocenters. The van der Waals surface area contributed by atoms with Crippen LogP contribution in [0.2, 0.25) is 0 Å². The fourth-order valence-corrected chi connectivity index (χ4v) is 2.65. The van der Waals surface area contributed by atoms with Gasteiger partial charge < -0.3 is 15.8 Å². The van der Waals surface area contributed by atoms with E-state index in [0.717, 1.165) is 19.3 Å². The van der Waals surface area contributed by atoms with Gasteiger partial charge in [-0.1, -0.05) is 0 Å². The minimum Gasteiger partial charge on any atom is -0.364 e. The van der Waals surface area contributed by atoms with E-state index in [-0.39, 0.29) is 18.1 Å². The highest BCUT2D eigenvalue weighted by Gasteiger charge is 2.29. The molecule has 1 saturated heterocycles. The van der Waals surface area contributed by atoms with Crippen LogP contribution in [0.4, 0.5) is 0 Å². The Hall–Kier alpha value is -0.910. The molecule has 1 amide bonds. The maximum Gasteiger partial charge on any atom is 0.249 e. The summed E-state index contributed by atoms with van der Waals surface area (Å²) < 4.78 is 5.53. The molecule has 17 heavy (non-hydrogen) atoms. The van der Waals surface area contributed by atoms with Crippen LogP contribution in [0.25, 0.3) is 0 Å². The van der Waals surface area contributed by atoms with Gasteiger partial charge >= 0.3 is 0 Å². The van der Waals surface area contributed by atoms with Crippen LogP contribution < -0.4 is 11.1 Å². The second kappa shape index (κ2) is 6.14. The van der Waals surface area contributed by atoms with Gasteiger partial charge in [0.2, 0.25) is 5.91 Å². The Morgan fingerprint density at radius 1 is 1.59 bits per heavy atom. The normalized spacial score (nSPS) is 23.8. The van der Waals surface area contributed by atoms with E-state index in [9.17, 15) is 4.79 Å². The summed E-state index contributed by atoms with van der Waals surface area (Å²) in [5, 5.41) is 7.05. The Morgan fingerprint density at radius 2 is 2.47 bits per heavy atom. The molecule has 1 aliphatic heterocycles.